The van der Waals surface area contributed by atoms with Crippen LogP contribution in [0.2, 0.25) is 0 Å². The maximum absolute atomic E-state index is 13.5. The number of esters is 2. The Hall–Kier alpha value is -3.30. The lowest BCUT2D eigenvalue weighted by Crippen LogP contribution is -2.39. The SMILES string of the molecule is COC(=O)C1=C(C)N=c2s/c(=C\c3sccc3C)c(=O)n2C1c1ccc(OC(C)=O)cc1. The van der Waals surface area contributed by atoms with Gasteiger partial charge in [0.05, 0.1) is 29.0 Å². The first-order valence-electron chi connectivity index (χ1n) is 9.73. The third-order valence-electron chi connectivity index (χ3n) is 5.05. The first-order valence-corrected chi connectivity index (χ1v) is 11.4. The monoisotopic (exact) mass is 468 g/mol. The van der Waals surface area contributed by atoms with Crippen LogP contribution in [0.25, 0.3) is 6.08 Å². The number of thiazole rings is 1. The van der Waals surface area contributed by atoms with Crippen molar-refractivity contribution in [1.29, 1.82) is 0 Å². The zero-order valence-electron chi connectivity index (χ0n) is 17.9. The van der Waals surface area contributed by atoms with Crippen molar-refractivity contribution in [1.82, 2.24) is 4.57 Å². The molecule has 0 bridgehead atoms. The van der Waals surface area contributed by atoms with Gasteiger partial charge >= 0.3 is 11.9 Å². The summed E-state index contributed by atoms with van der Waals surface area (Å²) in [4.78, 5) is 43.4. The van der Waals surface area contributed by atoms with E-state index in [1.54, 1.807) is 42.5 Å². The van der Waals surface area contributed by atoms with Crippen LogP contribution < -0.4 is 19.6 Å². The molecule has 0 saturated heterocycles. The molecule has 0 saturated carbocycles. The number of nitrogens with zero attached hydrogens (tertiary/aromatic N) is 2. The Balaban J connectivity index is 1.92. The van der Waals surface area contributed by atoms with Crippen molar-refractivity contribution in [3.05, 3.63) is 82.7 Å². The largest absolute Gasteiger partial charge is 0.466 e. The summed E-state index contributed by atoms with van der Waals surface area (Å²) in [6.45, 7) is 5.04. The van der Waals surface area contributed by atoms with Crippen LogP contribution in [0.4, 0.5) is 0 Å². The van der Waals surface area contributed by atoms with E-state index in [1.165, 1.54) is 29.9 Å². The van der Waals surface area contributed by atoms with Gasteiger partial charge < -0.3 is 9.47 Å². The molecule has 3 aromatic rings. The van der Waals surface area contributed by atoms with E-state index in [4.69, 9.17) is 9.47 Å². The Morgan fingerprint density at radius 2 is 1.88 bits per heavy atom. The first-order chi connectivity index (χ1) is 15.3. The van der Waals surface area contributed by atoms with Crippen molar-refractivity contribution >= 4 is 40.7 Å². The molecule has 2 aromatic heterocycles. The van der Waals surface area contributed by atoms with Crippen LogP contribution in [-0.4, -0.2) is 23.6 Å². The third-order valence-corrected chi connectivity index (χ3v) is 7.00. The number of methoxy groups -OCH3 is 1. The van der Waals surface area contributed by atoms with Crippen LogP contribution in [0.5, 0.6) is 5.75 Å². The molecule has 1 unspecified atom stereocenters. The second-order valence-corrected chi connectivity index (χ2v) is 9.16. The summed E-state index contributed by atoms with van der Waals surface area (Å²) in [6.07, 6.45) is 1.86. The van der Waals surface area contributed by atoms with Crippen molar-refractivity contribution in [2.75, 3.05) is 7.11 Å². The predicted octanol–water partition coefficient (Wildman–Crippen LogP) is 2.70. The van der Waals surface area contributed by atoms with E-state index >= 15 is 0 Å². The summed E-state index contributed by atoms with van der Waals surface area (Å²) in [5, 5.41) is 1.98. The molecule has 3 heterocycles. The standard InChI is InChI=1S/C23H20N2O5S2/c1-12-9-10-31-17(12)11-18-21(27)25-20(15-5-7-16(8-6-15)30-14(3)26)19(22(28)29-4)13(2)24-23(25)32-18/h5-11,20H,1-4H3/b18-11-. The molecule has 0 aliphatic carbocycles. The number of hydrogen-bond donors (Lipinski definition) is 0. The summed E-state index contributed by atoms with van der Waals surface area (Å²) in [5.41, 5.74) is 2.31. The van der Waals surface area contributed by atoms with E-state index in [2.05, 4.69) is 4.99 Å². The Morgan fingerprint density at radius 3 is 2.47 bits per heavy atom. The summed E-state index contributed by atoms with van der Waals surface area (Å²) in [7, 11) is 1.30. The zero-order valence-corrected chi connectivity index (χ0v) is 19.5. The number of carbonyl (C=O) groups excluding carboxylic acids is 2. The van der Waals surface area contributed by atoms with Crippen molar-refractivity contribution in [2.45, 2.75) is 26.8 Å². The molecule has 7 nitrogen and oxygen atoms in total. The van der Waals surface area contributed by atoms with Crippen molar-refractivity contribution < 1.29 is 19.1 Å². The van der Waals surface area contributed by atoms with Gasteiger partial charge in [-0.1, -0.05) is 23.5 Å². The summed E-state index contributed by atoms with van der Waals surface area (Å²) in [5.74, 6) is -0.605. The van der Waals surface area contributed by atoms with Crippen LogP contribution in [0.1, 0.15) is 35.9 Å². The van der Waals surface area contributed by atoms with Crippen LogP contribution in [0.3, 0.4) is 0 Å². The molecule has 4 rings (SSSR count). The van der Waals surface area contributed by atoms with E-state index in [0.29, 0.717) is 31.9 Å². The van der Waals surface area contributed by atoms with Gasteiger partial charge in [-0.25, -0.2) is 9.79 Å². The van der Waals surface area contributed by atoms with Gasteiger partial charge in [-0.3, -0.25) is 14.2 Å². The molecule has 32 heavy (non-hydrogen) atoms. The van der Waals surface area contributed by atoms with Gasteiger partial charge in [0, 0.05) is 11.8 Å². The molecule has 0 amide bonds. The lowest BCUT2D eigenvalue weighted by atomic mass is 9.96. The molecular formula is C23H20N2O5S2. The lowest BCUT2D eigenvalue weighted by molar-refractivity contribution is -0.136. The number of aromatic nitrogens is 1. The van der Waals surface area contributed by atoms with Crippen LogP contribution >= 0.6 is 22.7 Å². The second-order valence-electron chi connectivity index (χ2n) is 7.20. The zero-order chi connectivity index (χ0) is 23.0. The highest BCUT2D eigenvalue weighted by atomic mass is 32.1. The minimum Gasteiger partial charge on any atom is -0.466 e. The van der Waals surface area contributed by atoms with Gasteiger partial charge in [0.1, 0.15) is 5.75 Å². The van der Waals surface area contributed by atoms with Gasteiger partial charge in [-0.2, -0.15) is 0 Å². The molecule has 9 heteroatoms. The number of benzene rings is 1. The maximum atomic E-state index is 13.5. The van der Waals surface area contributed by atoms with Crippen LogP contribution in [-0.2, 0) is 14.3 Å². The maximum Gasteiger partial charge on any atom is 0.338 e. The highest BCUT2D eigenvalue weighted by Crippen LogP contribution is 2.31. The quantitative estimate of drug-likeness (QED) is 0.434. The number of ether oxygens (including phenoxy) is 2. The summed E-state index contributed by atoms with van der Waals surface area (Å²) >= 11 is 2.84. The lowest BCUT2D eigenvalue weighted by Gasteiger charge is -2.24. The van der Waals surface area contributed by atoms with E-state index < -0.39 is 18.0 Å². The molecule has 1 aliphatic rings. The van der Waals surface area contributed by atoms with Gasteiger partial charge in [-0.15, -0.1) is 11.3 Å². The number of hydrogen-bond acceptors (Lipinski definition) is 8. The van der Waals surface area contributed by atoms with Gasteiger partial charge in [0.15, 0.2) is 4.80 Å². The number of allylic oxidation sites excluding steroid dienone is 1. The second kappa shape index (κ2) is 8.68. The Labute approximate surface area is 191 Å². The number of rotatable bonds is 4. The summed E-state index contributed by atoms with van der Waals surface area (Å²) in [6, 6.07) is 8.01. The number of fused-ring (bicyclic) bond motifs is 1. The Kier molecular flexibility index (Phi) is 5.94. The average Bonchev–Trinajstić information content (AvgIpc) is 3.29. The number of carbonyl (C=O) groups is 2. The average molecular weight is 469 g/mol. The van der Waals surface area contributed by atoms with E-state index in [1.807, 2.05) is 24.4 Å². The first kappa shape index (κ1) is 21.9. The number of aryl methyl sites for hydroxylation is 1. The highest BCUT2D eigenvalue weighted by molar-refractivity contribution is 7.11. The molecule has 0 fully saturated rings. The third kappa shape index (κ3) is 3.96. The molecule has 0 radical (unpaired) electrons. The normalized spacial score (nSPS) is 15.9. The topological polar surface area (TPSA) is 87.0 Å². The van der Waals surface area contributed by atoms with E-state index in [9.17, 15) is 14.4 Å². The van der Waals surface area contributed by atoms with E-state index in [-0.39, 0.29) is 5.56 Å². The van der Waals surface area contributed by atoms with Crippen molar-refractivity contribution in [2.24, 2.45) is 4.99 Å². The highest BCUT2D eigenvalue weighted by Gasteiger charge is 2.33. The molecule has 0 spiro atoms. The molecular weight excluding hydrogens is 448 g/mol. The minimum atomic E-state index is -0.711. The molecule has 0 N–H and O–H groups in total. The summed E-state index contributed by atoms with van der Waals surface area (Å²) < 4.78 is 12.2. The fourth-order valence-electron chi connectivity index (χ4n) is 3.54. The van der Waals surface area contributed by atoms with Crippen molar-refractivity contribution in [3.8, 4) is 5.75 Å². The van der Waals surface area contributed by atoms with Crippen molar-refractivity contribution in [3.63, 3.8) is 0 Å². The fourth-order valence-corrected chi connectivity index (χ4v) is 5.51. The van der Waals surface area contributed by atoms with Gasteiger partial charge in [0.25, 0.3) is 5.56 Å². The minimum absolute atomic E-state index is 0.232. The Morgan fingerprint density at radius 1 is 1.16 bits per heavy atom. The van der Waals surface area contributed by atoms with Crippen LogP contribution in [0.15, 0.2) is 56.8 Å². The molecule has 1 aromatic carbocycles. The van der Waals surface area contributed by atoms with Crippen LogP contribution in [0, 0.1) is 6.92 Å². The molecule has 164 valence electrons. The molecule has 1 atom stereocenters. The predicted molar refractivity (Wildman–Crippen MR) is 123 cm³/mol. The number of thiophene rings is 1. The Bertz CT molecular complexity index is 1420. The molecule has 1 aliphatic heterocycles. The van der Waals surface area contributed by atoms with E-state index in [0.717, 1.165) is 10.4 Å². The fraction of sp³-hybridized carbons (Fsp3) is 0.217. The van der Waals surface area contributed by atoms with Gasteiger partial charge in [-0.05, 0) is 54.6 Å². The smallest absolute Gasteiger partial charge is 0.338 e. The van der Waals surface area contributed by atoms with Gasteiger partial charge in [0.2, 0.25) is 0 Å².